The predicted octanol–water partition coefficient (Wildman–Crippen LogP) is 1.72. The van der Waals surface area contributed by atoms with Gasteiger partial charge in [-0.1, -0.05) is 0 Å². The average molecular weight is 239 g/mol. The van der Waals surface area contributed by atoms with Gasteiger partial charge in [-0.05, 0) is 15.9 Å². The minimum atomic E-state index is -2.46. The Hall–Kier alpha value is -0.780. The molecule has 0 aromatic carbocycles. The summed E-state index contributed by atoms with van der Waals surface area (Å²) in [5.74, 6) is 0. The number of hydrogen-bond acceptors (Lipinski definition) is 2. The lowest BCUT2D eigenvalue weighted by molar-refractivity contribution is 0.110. The van der Waals surface area contributed by atoms with Gasteiger partial charge in [0.05, 0.1) is 4.47 Å². The Morgan fingerprint density at radius 3 is 2.83 bits per heavy atom. The maximum atomic E-state index is 11.8. The zero-order valence-corrected chi connectivity index (χ0v) is 7.46. The molecule has 12 heavy (non-hydrogen) atoms. The predicted molar refractivity (Wildman–Crippen MR) is 41.3 cm³/mol. The third-order valence-electron chi connectivity index (χ3n) is 1.18. The lowest BCUT2D eigenvalue weighted by atomic mass is 10.5. The van der Waals surface area contributed by atoms with Crippen molar-refractivity contribution >= 4 is 22.2 Å². The molecule has 0 atom stereocenters. The first-order chi connectivity index (χ1) is 5.63. The second kappa shape index (κ2) is 3.75. The fourth-order valence-electron chi connectivity index (χ4n) is 0.727. The van der Waals surface area contributed by atoms with Crippen molar-refractivity contribution in [3.05, 3.63) is 16.4 Å². The monoisotopic (exact) mass is 238 g/mol. The smallest absolute Gasteiger partial charge is 0.257 e. The molecule has 0 bridgehead atoms. The second-order valence-electron chi connectivity index (χ2n) is 2.09. The number of nitrogens with zero attached hydrogens (tertiary/aromatic N) is 2. The summed E-state index contributed by atoms with van der Waals surface area (Å²) in [4.78, 5) is 10.2. The van der Waals surface area contributed by atoms with Crippen molar-refractivity contribution in [2.45, 2.75) is 13.0 Å². The molecule has 1 rings (SSSR count). The van der Waals surface area contributed by atoms with Gasteiger partial charge in [-0.15, -0.1) is 0 Å². The van der Waals surface area contributed by atoms with Crippen LogP contribution in [0.5, 0.6) is 0 Å². The maximum Gasteiger partial charge on any atom is 0.257 e. The van der Waals surface area contributed by atoms with Gasteiger partial charge in [-0.25, -0.2) is 8.78 Å². The summed E-state index contributed by atoms with van der Waals surface area (Å²) in [6.07, 6.45) is -0.613. The quantitative estimate of drug-likeness (QED) is 0.752. The van der Waals surface area contributed by atoms with Crippen molar-refractivity contribution in [3.8, 4) is 0 Å². The van der Waals surface area contributed by atoms with Crippen LogP contribution in [0, 0.1) is 0 Å². The summed E-state index contributed by atoms with van der Waals surface area (Å²) < 4.78 is 25.1. The molecule has 1 aromatic rings. The van der Waals surface area contributed by atoms with Crippen LogP contribution in [-0.2, 0) is 6.54 Å². The third-order valence-corrected chi connectivity index (χ3v) is 1.79. The molecule has 0 aliphatic carbocycles. The SMILES string of the molecule is O=Cc1nn(CC(F)F)cc1Br. The lowest BCUT2D eigenvalue weighted by Crippen LogP contribution is -2.07. The number of aldehydes is 1. The van der Waals surface area contributed by atoms with E-state index >= 15 is 0 Å². The summed E-state index contributed by atoms with van der Waals surface area (Å²) in [6, 6.07) is 0. The second-order valence-corrected chi connectivity index (χ2v) is 2.95. The minimum Gasteiger partial charge on any atom is -0.296 e. The van der Waals surface area contributed by atoms with Crippen molar-refractivity contribution in [1.82, 2.24) is 9.78 Å². The van der Waals surface area contributed by atoms with Gasteiger partial charge in [0.15, 0.2) is 6.29 Å². The van der Waals surface area contributed by atoms with Gasteiger partial charge >= 0.3 is 0 Å². The Labute approximate surface area is 75.5 Å². The number of carbonyl (C=O) groups excluding carboxylic acids is 1. The number of carbonyl (C=O) groups is 1. The minimum absolute atomic E-state index is 0.135. The molecule has 0 spiro atoms. The van der Waals surface area contributed by atoms with E-state index in [2.05, 4.69) is 21.0 Å². The molecule has 0 saturated carbocycles. The normalized spacial score (nSPS) is 10.7. The van der Waals surface area contributed by atoms with E-state index in [-0.39, 0.29) is 5.69 Å². The summed E-state index contributed by atoms with van der Waals surface area (Å²) in [7, 11) is 0. The Morgan fingerprint density at radius 2 is 2.42 bits per heavy atom. The molecule has 0 unspecified atom stereocenters. The van der Waals surface area contributed by atoms with Crippen LogP contribution in [0.1, 0.15) is 10.5 Å². The van der Waals surface area contributed by atoms with Crippen LogP contribution in [0.2, 0.25) is 0 Å². The van der Waals surface area contributed by atoms with Gasteiger partial charge in [0.25, 0.3) is 6.43 Å². The average Bonchev–Trinajstić information content (AvgIpc) is 2.29. The van der Waals surface area contributed by atoms with E-state index in [1.807, 2.05) is 0 Å². The van der Waals surface area contributed by atoms with E-state index in [1.54, 1.807) is 0 Å². The Kier molecular flexibility index (Phi) is 2.91. The van der Waals surface area contributed by atoms with Crippen molar-refractivity contribution < 1.29 is 13.6 Å². The van der Waals surface area contributed by atoms with Crippen LogP contribution < -0.4 is 0 Å². The molecule has 0 radical (unpaired) electrons. The van der Waals surface area contributed by atoms with Gasteiger partial charge in [-0.3, -0.25) is 9.48 Å². The highest BCUT2D eigenvalue weighted by molar-refractivity contribution is 9.10. The van der Waals surface area contributed by atoms with Gasteiger partial charge in [0.2, 0.25) is 0 Å². The van der Waals surface area contributed by atoms with Crippen molar-refractivity contribution in [3.63, 3.8) is 0 Å². The molecular weight excluding hydrogens is 234 g/mol. The summed E-state index contributed by atoms with van der Waals surface area (Å²) in [5.41, 5.74) is 0.135. The zero-order valence-electron chi connectivity index (χ0n) is 5.88. The molecule has 0 N–H and O–H groups in total. The largest absolute Gasteiger partial charge is 0.296 e. The summed E-state index contributed by atoms with van der Waals surface area (Å²) in [6.45, 7) is -0.494. The molecule has 66 valence electrons. The third kappa shape index (κ3) is 2.10. The van der Waals surface area contributed by atoms with Crippen LogP contribution in [0.3, 0.4) is 0 Å². The molecule has 3 nitrogen and oxygen atoms in total. The van der Waals surface area contributed by atoms with Crippen LogP contribution >= 0.6 is 15.9 Å². The van der Waals surface area contributed by atoms with Gasteiger partial charge in [-0.2, -0.15) is 5.10 Å². The number of halogens is 3. The molecule has 1 heterocycles. The molecular formula is C6H5BrF2N2O. The van der Waals surface area contributed by atoms with Crippen LogP contribution in [-0.4, -0.2) is 22.5 Å². The number of rotatable bonds is 3. The first-order valence-electron chi connectivity index (χ1n) is 3.09. The molecule has 6 heteroatoms. The topological polar surface area (TPSA) is 34.9 Å². The van der Waals surface area contributed by atoms with Crippen LogP contribution in [0.15, 0.2) is 10.7 Å². The first-order valence-corrected chi connectivity index (χ1v) is 3.89. The zero-order chi connectivity index (χ0) is 9.14. The van der Waals surface area contributed by atoms with E-state index in [0.29, 0.717) is 10.8 Å². The Morgan fingerprint density at radius 1 is 1.75 bits per heavy atom. The van der Waals surface area contributed by atoms with E-state index in [9.17, 15) is 13.6 Å². The van der Waals surface area contributed by atoms with Gasteiger partial charge < -0.3 is 0 Å². The van der Waals surface area contributed by atoms with E-state index in [0.717, 1.165) is 4.68 Å². The van der Waals surface area contributed by atoms with Gasteiger partial charge in [0, 0.05) is 6.20 Å². The van der Waals surface area contributed by atoms with Crippen molar-refractivity contribution in [2.75, 3.05) is 0 Å². The van der Waals surface area contributed by atoms with Crippen LogP contribution in [0.25, 0.3) is 0 Å². The van der Waals surface area contributed by atoms with Crippen molar-refractivity contribution in [1.29, 1.82) is 0 Å². The first kappa shape index (κ1) is 9.31. The van der Waals surface area contributed by atoms with E-state index < -0.39 is 13.0 Å². The molecule has 1 aromatic heterocycles. The molecule has 0 saturated heterocycles. The number of aromatic nitrogens is 2. The summed E-state index contributed by atoms with van der Waals surface area (Å²) >= 11 is 3.01. The lowest BCUT2D eigenvalue weighted by Gasteiger charge is -1.96. The van der Waals surface area contributed by atoms with E-state index in [1.165, 1.54) is 6.20 Å². The highest BCUT2D eigenvalue weighted by Crippen LogP contribution is 2.13. The molecule has 0 amide bonds. The number of alkyl halides is 2. The van der Waals surface area contributed by atoms with Gasteiger partial charge in [0.1, 0.15) is 12.2 Å². The molecule has 0 aliphatic heterocycles. The Bertz CT molecular complexity index is 287. The fraction of sp³-hybridized carbons (Fsp3) is 0.333. The highest BCUT2D eigenvalue weighted by atomic mass is 79.9. The highest BCUT2D eigenvalue weighted by Gasteiger charge is 2.08. The van der Waals surface area contributed by atoms with E-state index in [4.69, 9.17) is 0 Å². The van der Waals surface area contributed by atoms with Crippen LogP contribution in [0.4, 0.5) is 8.78 Å². The number of hydrogen-bond donors (Lipinski definition) is 0. The van der Waals surface area contributed by atoms with Crippen molar-refractivity contribution in [2.24, 2.45) is 0 Å². The molecule has 0 aliphatic rings. The Balaban J connectivity index is 2.82. The molecule has 0 fully saturated rings. The standard InChI is InChI=1S/C6H5BrF2N2O/c7-4-1-11(2-6(8)9)10-5(4)3-12/h1,3,6H,2H2. The fourth-order valence-corrected chi connectivity index (χ4v) is 1.14. The maximum absolute atomic E-state index is 11.8. The summed E-state index contributed by atoms with van der Waals surface area (Å²) in [5, 5.41) is 3.59.